The highest BCUT2D eigenvalue weighted by molar-refractivity contribution is 6.06. The number of amides is 3. The van der Waals surface area contributed by atoms with Gasteiger partial charge in [0.05, 0.1) is 6.54 Å². The Kier molecular flexibility index (Phi) is 7.25. The summed E-state index contributed by atoms with van der Waals surface area (Å²) in [5.41, 5.74) is 1.28. The number of nitrogens with one attached hydrogen (secondary N) is 1. The summed E-state index contributed by atoms with van der Waals surface area (Å²) in [5.74, 6) is 0.402. The Morgan fingerprint density at radius 1 is 1.15 bits per heavy atom. The first-order valence-electron chi connectivity index (χ1n) is 9.78. The highest BCUT2D eigenvalue weighted by atomic mass is 16.5. The van der Waals surface area contributed by atoms with Gasteiger partial charge in [-0.1, -0.05) is 38.7 Å². The van der Waals surface area contributed by atoms with Gasteiger partial charge in [0.25, 0.3) is 5.91 Å². The van der Waals surface area contributed by atoms with Gasteiger partial charge < -0.3 is 15.2 Å². The van der Waals surface area contributed by atoms with E-state index in [0.29, 0.717) is 12.2 Å². The van der Waals surface area contributed by atoms with Gasteiger partial charge in [0.1, 0.15) is 24.0 Å². The van der Waals surface area contributed by atoms with E-state index in [1.165, 1.54) is 0 Å². The van der Waals surface area contributed by atoms with Crippen molar-refractivity contribution in [1.82, 2.24) is 10.2 Å². The minimum atomic E-state index is -0.942. The molecule has 1 fully saturated rings. The molecule has 0 spiro atoms. The van der Waals surface area contributed by atoms with Crippen LogP contribution < -0.4 is 10.1 Å². The third-order valence-electron chi connectivity index (χ3n) is 4.91. The van der Waals surface area contributed by atoms with Crippen LogP contribution >= 0.6 is 0 Å². The Morgan fingerprint density at radius 3 is 2.44 bits per heavy atom. The summed E-state index contributed by atoms with van der Waals surface area (Å²) in [6, 6.07) is 5.38. The van der Waals surface area contributed by atoms with Crippen LogP contribution in [0.1, 0.15) is 57.1 Å². The second kappa shape index (κ2) is 9.22. The maximum atomic E-state index is 12.7. The van der Waals surface area contributed by atoms with Crippen molar-refractivity contribution >= 4 is 11.9 Å². The van der Waals surface area contributed by atoms with Crippen LogP contribution in [-0.2, 0) is 4.79 Å². The van der Waals surface area contributed by atoms with Crippen LogP contribution in [0.25, 0.3) is 0 Å². The van der Waals surface area contributed by atoms with Gasteiger partial charge >= 0.3 is 6.03 Å². The molecule has 1 saturated heterocycles. The number of aliphatic hydroxyl groups excluding tert-OH is 1. The number of imide groups is 1. The Morgan fingerprint density at radius 2 is 1.81 bits per heavy atom. The molecule has 2 unspecified atom stereocenters. The summed E-state index contributed by atoms with van der Waals surface area (Å²) in [7, 11) is 0. The van der Waals surface area contributed by atoms with Crippen LogP contribution in [0.2, 0.25) is 0 Å². The zero-order valence-electron chi connectivity index (χ0n) is 16.9. The molecule has 0 aliphatic carbocycles. The van der Waals surface area contributed by atoms with Gasteiger partial charge in [0, 0.05) is 0 Å². The Bertz CT molecular complexity index is 656. The smallest absolute Gasteiger partial charge is 0.325 e. The van der Waals surface area contributed by atoms with E-state index in [4.69, 9.17) is 4.74 Å². The summed E-state index contributed by atoms with van der Waals surface area (Å²) in [4.78, 5) is 26.0. The predicted molar refractivity (Wildman–Crippen MR) is 105 cm³/mol. The predicted octanol–water partition coefficient (Wildman–Crippen LogP) is 3.32. The number of urea groups is 1. The molecule has 2 atom stereocenters. The second-order valence-corrected chi connectivity index (χ2v) is 7.78. The van der Waals surface area contributed by atoms with Crippen LogP contribution in [0.3, 0.4) is 0 Å². The lowest BCUT2D eigenvalue weighted by Crippen LogP contribution is -2.45. The number of unbranched alkanes of at least 4 members (excludes halogenated alkanes) is 3. The highest BCUT2D eigenvalue weighted by Crippen LogP contribution is 2.24. The van der Waals surface area contributed by atoms with E-state index in [1.807, 2.05) is 32.0 Å². The molecule has 6 nitrogen and oxygen atoms in total. The lowest BCUT2D eigenvalue weighted by Gasteiger charge is -2.22. The number of ether oxygens (including phenoxy) is 1. The van der Waals surface area contributed by atoms with E-state index >= 15 is 0 Å². The third kappa shape index (κ3) is 5.70. The zero-order chi connectivity index (χ0) is 20.0. The first-order chi connectivity index (χ1) is 12.7. The number of carbonyl (C=O) groups excluding carboxylic acids is 2. The van der Waals surface area contributed by atoms with Crippen molar-refractivity contribution in [2.75, 3.05) is 13.2 Å². The molecule has 0 aromatic heterocycles. The molecule has 2 N–H and O–H groups in total. The first kappa shape index (κ1) is 21.2. The van der Waals surface area contributed by atoms with E-state index < -0.39 is 17.7 Å². The molecule has 1 aliphatic heterocycles. The largest absolute Gasteiger partial charge is 0.491 e. The zero-order valence-corrected chi connectivity index (χ0v) is 16.9. The molecule has 0 bridgehead atoms. The molecule has 6 heteroatoms. The average molecular weight is 376 g/mol. The molecule has 2 rings (SSSR count). The molecule has 3 amide bonds. The van der Waals surface area contributed by atoms with Crippen molar-refractivity contribution in [3.8, 4) is 5.75 Å². The quantitative estimate of drug-likeness (QED) is 0.485. The van der Waals surface area contributed by atoms with Crippen LogP contribution in [0.4, 0.5) is 4.79 Å². The van der Waals surface area contributed by atoms with Gasteiger partial charge in [0.15, 0.2) is 0 Å². The van der Waals surface area contributed by atoms with Gasteiger partial charge in [-0.2, -0.15) is 0 Å². The molecule has 1 heterocycles. The highest BCUT2D eigenvalue weighted by Gasteiger charge is 2.47. The molecule has 0 radical (unpaired) electrons. The monoisotopic (exact) mass is 376 g/mol. The molecule has 150 valence electrons. The van der Waals surface area contributed by atoms with Crippen LogP contribution in [0, 0.1) is 13.8 Å². The standard InChI is InChI=1S/C21H32N2O4/c1-5-6-7-8-9-21(4)19(25)23(20(26)22-21)13-17(24)14-27-18-11-15(2)10-16(3)12-18/h10-12,17,24H,5-9,13-14H2,1-4H3,(H,22,26). The van der Waals surface area contributed by atoms with Crippen LogP contribution in [-0.4, -0.2) is 46.7 Å². The van der Waals surface area contributed by atoms with E-state index in [2.05, 4.69) is 12.2 Å². The molecular formula is C21H32N2O4. The van der Waals surface area contributed by atoms with Gasteiger partial charge in [-0.15, -0.1) is 0 Å². The molecule has 0 saturated carbocycles. The number of hydrogen-bond acceptors (Lipinski definition) is 4. The van der Waals surface area contributed by atoms with Gasteiger partial charge in [-0.25, -0.2) is 4.79 Å². The first-order valence-corrected chi connectivity index (χ1v) is 9.78. The number of rotatable bonds is 10. The van der Waals surface area contributed by atoms with Crippen molar-refractivity contribution in [1.29, 1.82) is 0 Å². The topological polar surface area (TPSA) is 78.9 Å². The van der Waals surface area contributed by atoms with Crippen molar-refractivity contribution in [2.24, 2.45) is 0 Å². The number of aryl methyl sites for hydroxylation is 2. The number of aliphatic hydroxyl groups is 1. The SMILES string of the molecule is CCCCCCC1(C)NC(=O)N(CC(O)COc2cc(C)cc(C)c2)C1=O. The Labute approximate surface area is 161 Å². The summed E-state index contributed by atoms with van der Waals surface area (Å²) in [6.45, 7) is 7.80. The van der Waals surface area contributed by atoms with Crippen LogP contribution in [0.15, 0.2) is 18.2 Å². The van der Waals surface area contributed by atoms with E-state index in [9.17, 15) is 14.7 Å². The average Bonchev–Trinajstić information content (AvgIpc) is 2.80. The molecule has 27 heavy (non-hydrogen) atoms. The Hall–Kier alpha value is -2.08. The van der Waals surface area contributed by atoms with Crippen LogP contribution in [0.5, 0.6) is 5.75 Å². The van der Waals surface area contributed by atoms with E-state index in [1.54, 1.807) is 6.92 Å². The van der Waals surface area contributed by atoms with E-state index in [-0.39, 0.29) is 19.1 Å². The van der Waals surface area contributed by atoms with Crippen molar-refractivity contribution < 1.29 is 19.4 Å². The number of β-amino-alcohol motifs (C(OH)–C–C–N with tert-alkyl or cyclic N) is 1. The second-order valence-electron chi connectivity index (χ2n) is 7.78. The fourth-order valence-electron chi connectivity index (χ4n) is 3.46. The summed E-state index contributed by atoms with van der Waals surface area (Å²) < 4.78 is 5.63. The third-order valence-corrected chi connectivity index (χ3v) is 4.91. The Balaban J connectivity index is 1.88. The molecule has 1 aliphatic rings. The minimum Gasteiger partial charge on any atom is -0.491 e. The van der Waals surface area contributed by atoms with Gasteiger partial charge in [-0.3, -0.25) is 9.69 Å². The number of carbonyl (C=O) groups is 2. The lowest BCUT2D eigenvalue weighted by atomic mass is 9.94. The van der Waals surface area contributed by atoms with Gasteiger partial charge in [0.2, 0.25) is 0 Å². The molecule has 1 aromatic carbocycles. The van der Waals surface area contributed by atoms with E-state index in [0.717, 1.165) is 41.7 Å². The fourth-order valence-corrected chi connectivity index (χ4v) is 3.46. The molecular weight excluding hydrogens is 344 g/mol. The summed E-state index contributed by atoms with van der Waals surface area (Å²) in [5, 5.41) is 13.0. The van der Waals surface area contributed by atoms with Crippen molar-refractivity contribution in [3.05, 3.63) is 29.3 Å². The number of benzene rings is 1. The van der Waals surface area contributed by atoms with Crippen molar-refractivity contribution in [2.45, 2.75) is 71.4 Å². The maximum absolute atomic E-state index is 12.7. The maximum Gasteiger partial charge on any atom is 0.325 e. The van der Waals surface area contributed by atoms with Crippen molar-refractivity contribution in [3.63, 3.8) is 0 Å². The summed E-state index contributed by atoms with van der Waals surface area (Å²) in [6.07, 6.45) is 3.85. The lowest BCUT2D eigenvalue weighted by molar-refractivity contribution is -0.132. The van der Waals surface area contributed by atoms with Gasteiger partial charge in [-0.05, 0) is 50.5 Å². The molecule has 1 aromatic rings. The fraction of sp³-hybridized carbons (Fsp3) is 0.619. The normalized spacial score (nSPS) is 20.7. The number of hydrogen-bond donors (Lipinski definition) is 2. The minimum absolute atomic E-state index is 0.0210. The summed E-state index contributed by atoms with van der Waals surface area (Å²) >= 11 is 0. The number of nitrogens with zero attached hydrogens (tertiary/aromatic N) is 1.